The van der Waals surface area contributed by atoms with E-state index in [0.717, 1.165) is 32.2 Å². The van der Waals surface area contributed by atoms with Gasteiger partial charge in [0.1, 0.15) is 6.04 Å². The SMILES string of the molecule is CCCNC(=O)C1CCCC(N)=N1. The predicted molar refractivity (Wildman–Crippen MR) is 52.6 cm³/mol. The number of carbonyl (C=O) groups is 1. The molecule has 0 bridgehead atoms. The number of amidine groups is 1. The molecule has 0 saturated carbocycles. The standard InChI is InChI=1S/C9H17N3O/c1-2-6-11-9(13)7-4-3-5-8(10)12-7/h7H,2-6H2,1H3,(H2,10,12)(H,11,13). The van der Waals surface area contributed by atoms with E-state index in [9.17, 15) is 4.79 Å². The summed E-state index contributed by atoms with van der Waals surface area (Å²) >= 11 is 0. The third-order valence-electron chi connectivity index (χ3n) is 2.08. The first-order chi connectivity index (χ1) is 6.24. The van der Waals surface area contributed by atoms with Crippen LogP contribution in [0, 0.1) is 0 Å². The minimum atomic E-state index is -0.236. The fourth-order valence-corrected chi connectivity index (χ4v) is 1.36. The largest absolute Gasteiger partial charge is 0.387 e. The van der Waals surface area contributed by atoms with Crippen molar-refractivity contribution in [3.05, 3.63) is 0 Å². The van der Waals surface area contributed by atoms with Crippen molar-refractivity contribution in [1.82, 2.24) is 5.32 Å². The molecule has 1 aliphatic heterocycles. The molecule has 1 rings (SSSR count). The lowest BCUT2D eigenvalue weighted by molar-refractivity contribution is -0.122. The lowest BCUT2D eigenvalue weighted by Crippen LogP contribution is -2.37. The smallest absolute Gasteiger partial charge is 0.244 e. The van der Waals surface area contributed by atoms with Crippen molar-refractivity contribution in [2.45, 2.75) is 38.6 Å². The molecule has 1 atom stereocenters. The number of carbonyl (C=O) groups excluding carboxylic acids is 1. The molecule has 1 unspecified atom stereocenters. The third-order valence-corrected chi connectivity index (χ3v) is 2.08. The summed E-state index contributed by atoms with van der Waals surface area (Å²) in [5.41, 5.74) is 5.56. The van der Waals surface area contributed by atoms with Crippen LogP contribution in [0.5, 0.6) is 0 Å². The predicted octanol–water partition coefficient (Wildman–Crippen LogP) is 0.422. The topological polar surface area (TPSA) is 67.5 Å². The van der Waals surface area contributed by atoms with Gasteiger partial charge >= 0.3 is 0 Å². The quantitative estimate of drug-likeness (QED) is 0.666. The van der Waals surface area contributed by atoms with Crippen LogP contribution in [0.1, 0.15) is 32.6 Å². The Labute approximate surface area is 78.6 Å². The maximum Gasteiger partial charge on any atom is 0.244 e. The van der Waals surface area contributed by atoms with Crippen LogP contribution in [-0.4, -0.2) is 24.3 Å². The van der Waals surface area contributed by atoms with Gasteiger partial charge in [-0.25, -0.2) is 0 Å². The van der Waals surface area contributed by atoms with Gasteiger partial charge in [-0.3, -0.25) is 9.79 Å². The fourth-order valence-electron chi connectivity index (χ4n) is 1.36. The normalized spacial score (nSPS) is 22.2. The Morgan fingerprint density at radius 3 is 3.15 bits per heavy atom. The van der Waals surface area contributed by atoms with E-state index in [1.54, 1.807) is 0 Å². The first-order valence-electron chi connectivity index (χ1n) is 4.84. The lowest BCUT2D eigenvalue weighted by Gasteiger charge is -2.17. The lowest BCUT2D eigenvalue weighted by atomic mass is 10.1. The third kappa shape index (κ3) is 3.05. The van der Waals surface area contributed by atoms with E-state index in [0.29, 0.717) is 5.84 Å². The van der Waals surface area contributed by atoms with Crippen molar-refractivity contribution < 1.29 is 4.79 Å². The summed E-state index contributed by atoms with van der Waals surface area (Å²) in [6.07, 6.45) is 3.59. The second-order valence-electron chi connectivity index (χ2n) is 3.32. The van der Waals surface area contributed by atoms with Crippen LogP contribution < -0.4 is 11.1 Å². The van der Waals surface area contributed by atoms with Gasteiger partial charge in [-0.2, -0.15) is 0 Å². The molecule has 13 heavy (non-hydrogen) atoms. The van der Waals surface area contributed by atoms with E-state index in [2.05, 4.69) is 10.3 Å². The summed E-state index contributed by atoms with van der Waals surface area (Å²) in [7, 11) is 0. The molecule has 3 N–H and O–H groups in total. The molecule has 0 aliphatic carbocycles. The van der Waals surface area contributed by atoms with E-state index in [4.69, 9.17) is 5.73 Å². The maximum absolute atomic E-state index is 11.4. The van der Waals surface area contributed by atoms with Crippen molar-refractivity contribution in [2.75, 3.05) is 6.54 Å². The number of hydrogen-bond donors (Lipinski definition) is 2. The molecular formula is C9H17N3O. The Bertz CT molecular complexity index is 213. The summed E-state index contributed by atoms with van der Waals surface area (Å²) in [6, 6.07) is -0.236. The van der Waals surface area contributed by atoms with Crippen LogP contribution in [0.3, 0.4) is 0 Å². The Morgan fingerprint density at radius 2 is 2.54 bits per heavy atom. The van der Waals surface area contributed by atoms with Crippen molar-refractivity contribution in [3.8, 4) is 0 Å². The molecule has 0 saturated heterocycles. The molecule has 0 aromatic heterocycles. The van der Waals surface area contributed by atoms with Gasteiger partial charge in [0.15, 0.2) is 0 Å². The molecular weight excluding hydrogens is 166 g/mol. The number of nitrogens with one attached hydrogen (secondary N) is 1. The Balaban J connectivity index is 2.42. The highest BCUT2D eigenvalue weighted by Gasteiger charge is 2.20. The zero-order valence-electron chi connectivity index (χ0n) is 8.05. The summed E-state index contributed by atoms with van der Waals surface area (Å²) in [4.78, 5) is 15.5. The van der Waals surface area contributed by atoms with Crippen LogP contribution in [0.2, 0.25) is 0 Å². The molecule has 0 radical (unpaired) electrons. The monoisotopic (exact) mass is 183 g/mol. The van der Waals surface area contributed by atoms with Crippen LogP contribution in [0.4, 0.5) is 0 Å². The molecule has 0 fully saturated rings. The molecule has 1 amide bonds. The van der Waals surface area contributed by atoms with Gasteiger partial charge in [-0.1, -0.05) is 6.92 Å². The highest BCUT2D eigenvalue weighted by atomic mass is 16.2. The molecule has 0 aromatic rings. The first kappa shape index (κ1) is 10.0. The van der Waals surface area contributed by atoms with E-state index in [1.807, 2.05) is 6.92 Å². The minimum absolute atomic E-state index is 0.0181. The Morgan fingerprint density at radius 1 is 1.77 bits per heavy atom. The van der Waals surface area contributed by atoms with E-state index in [1.165, 1.54) is 0 Å². The van der Waals surface area contributed by atoms with Gasteiger partial charge < -0.3 is 11.1 Å². The molecule has 4 nitrogen and oxygen atoms in total. The van der Waals surface area contributed by atoms with Crippen molar-refractivity contribution in [2.24, 2.45) is 10.7 Å². The van der Waals surface area contributed by atoms with Crippen LogP contribution in [0.25, 0.3) is 0 Å². The zero-order chi connectivity index (χ0) is 9.68. The molecule has 4 heteroatoms. The summed E-state index contributed by atoms with van der Waals surface area (Å²) in [6.45, 7) is 2.75. The van der Waals surface area contributed by atoms with Gasteiger partial charge in [0.05, 0.1) is 5.84 Å². The van der Waals surface area contributed by atoms with Gasteiger partial charge in [0.25, 0.3) is 0 Å². The summed E-state index contributed by atoms with van der Waals surface area (Å²) < 4.78 is 0. The van der Waals surface area contributed by atoms with Crippen molar-refractivity contribution >= 4 is 11.7 Å². The molecule has 0 spiro atoms. The van der Waals surface area contributed by atoms with Crippen molar-refractivity contribution in [1.29, 1.82) is 0 Å². The first-order valence-corrected chi connectivity index (χ1v) is 4.84. The van der Waals surface area contributed by atoms with Gasteiger partial charge in [-0.05, 0) is 19.3 Å². The summed E-state index contributed by atoms with van der Waals surface area (Å²) in [5.74, 6) is 0.632. The Kier molecular flexibility index (Phi) is 3.73. The van der Waals surface area contributed by atoms with Crippen molar-refractivity contribution in [3.63, 3.8) is 0 Å². The highest BCUT2D eigenvalue weighted by molar-refractivity contribution is 5.88. The van der Waals surface area contributed by atoms with Crippen LogP contribution in [0.15, 0.2) is 4.99 Å². The van der Waals surface area contributed by atoms with E-state index in [-0.39, 0.29) is 11.9 Å². The number of nitrogens with two attached hydrogens (primary N) is 1. The van der Waals surface area contributed by atoms with Crippen LogP contribution in [-0.2, 0) is 4.79 Å². The average molecular weight is 183 g/mol. The number of aliphatic imine (C=N–C) groups is 1. The Hall–Kier alpha value is -1.06. The maximum atomic E-state index is 11.4. The number of hydrogen-bond acceptors (Lipinski definition) is 3. The fraction of sp³-hybridized carbons (Fsp3) is 0.778. The minimum Gasteiger partial charge on any atom is -0.387 e. The van der Waals surface area contributed by atoms with E-state index < -0.39 is 0 Å². The summed E-state index contributed by atoms with van der Waals surface area (Å²) in [5, 5.41) is 2.82. The number of nitrogens with zero attached hydrogens (tertiary/aromatic N) is 1. The molecule has 0 aromatic carbocycles. The second kappa shape index (κ2) is 4.84. The highest BCUT2D eigenvalue weighted by Crippen LogP contribution is 2.11. The average Bonchev–Trinajstić information content (AvgIpc) is 2.14. The number of rotatable bonds is 3. The number of amides is 1. The van der Waals surface area contributed by atoms with Gasteiger partial charge in [-0.15, -0.1) is 0 Å². The molecule has 1 heterocycles. The molecule has 74 valence electrons. The zero-order valence-corrected chi connectivity index (χ0v) is 8.05. The molecule has 1 aliphatic rings. The van der Waals surface area contributed by atoms with Crippen LogP contribution >= 0.6 is 0 Å². The van der Waals surface area contributed by atoms with E-state index >= 15 is 0 Å². The van der Waals surface area contributed by atoms with Gasteiger partial charge in [0.2, 0.25) is 5.91 Å². The second-order valence-corrected chi connectivity index (χ2v) is 3.32. The van der Waals surface area contributed by atoms with Gasteiger partial charge in [0, 0.05) is 13.0 Å².